The largest absolute Gasteiger partial charge is 0.389 e. The minimum atomic E-state index is 0.339. The van der Waals surface area contributed by atoms with E-state index in [0.717, 1.165) is 17.8 Å². The highest BCUT2D eigenvalue weighted by atomic mass is 35.5. The third-order valence-electron chi connectivity index (χ3n) is 4.05. The Morgan fingerprint density at radius 2 is 2.10 bits per heavy atom. The van der Waals surface area contributed by atoms with E-state index >= 15 is 0 Å². The SMILES string of the molecule is CSC1(CNc2ccc(Cl)cc2C(N)=S)CCCCC1. The van der Waals surface area contributed by atoms with Gasteiger partial charge in [0.05, 0.1) is 0 Å². The average Bonchev–Trinajstić information content (AvgIpc) is 2.47. The monoisotopic (exact) mass is 328 g/mol. The maximum atomic E-state index is 6.02. The summed E-state index contributed by atoms with van der Waals surface area (Å²) in [7, 11) is 0. The van der Waals surface area contributed by atoms with Crippen molar-refractivity contribution in [1.82, 2.24) is 0 Å². The van der Waals surface area contributed by atoms with Crippen molar-refractivity contribution in [3.63, 3.8) is 0 Å². The maximum absolute atomic E-state index is 6.02. The lowest BCUT2D eigenvalue weighted by Crippen LogP contribution is -2.36. The molecule has 3 N–H and O–H groups in total. The second-order valence-corrected chi connectivity index (χ2v) is 7.51. The van der Waals surface area contributed by atoms with Crippen LogP contribution in [0.3, 0.4) is 0 Å². The Morgan fingerprint density at radius 3 is 2.70 bits per heavy atom. The van der Waals surface area contributed by atoms with E-state index in [1.54, 1.807) is 0 Å². The fourth-order valence-electron chi connectivity index (χ4n) is 2.78. The van der Waals surface area contributed by atoms with E-state index in [2.05, 4.69) is 11.6 Å². The number of nitrogens with one attached hydrogen (secondary N) is 1. The molecular weight excluding hydrogens is 308 g/mol. The Labute approximate surface area is 135 Å². The van der Waals surface area contributed by atoms with Crippen LogP contribution in [-0.2, 0) is 0 Å². The van der Waals surface area contributed by atoms with E-state index in [4.69, 9.17) is 29.6 Å². The molecule has 0 spiro atoms. The fraction of sp³-hybridized carbons (Fsp3) is 0.533. The van der Waals surface area contributed by atoms with Crippen LogP contribution in [-0.4, -0.2) is 22.5 Å². The molecule has 2 rings (SSSR count). The first-order valence-corrected chi connectivity index (χ1v) is 8.96. The van der Waals surface area contributed by atoms with Crippen molar-refractivity contribution >= 4 is 46.3 Å². The Bertz CT molecular complexity index is 485. The first-order valence-electron chi connectivity index (χ1n) is 6.95. The molecule has 1 aromatic carbocycles. The molecule has 0 heterocycles. The average molecular weight is 329 g/mol. The molecule has 1 aliphatic rings. The van der Waals surface area contributed by atoms with Gasteiger partial charge in [-0.15, -0.1) is 0 Å². The summed E-state index contributed by atoms with van der Waals surface area (Å²) in [5, 5.41) is 4.20. The van der Waals surface area contributed by atoms with Gasteiger partial charge in [0.15, 0.2) is 0 Å². The van der Waals surface area contributed by atoms with Gasteiger partial charge in [-0.1, -0.05) is 43.1 Å². The van der Waals surface area contributed by atoms with Gasteiger partial charge in [-0.2, -0.15) is 11.8 Å². The van der Waals surface area contributed by atoms with E-state index in [1.165, 1.54) is 32.1 Å². The highest BCUT2D eigenvalue weighted by Gasteiger charge is 2.31. The molecule has 1 aromatic rings. The molecule has 0 aliphatic heterocycles. The second-order valence-electron chi connectivity index (χ2n) is 5.36. The van der Waals surface area contributed by atoms with E-state index in [-0.39, 0.29) is 0 Å². The van der Waals surface area contributed by atoms with Crippen molar-refractivity contribution in [2.45, 2.75) is 36.9 Å². The molecule has 110 valence electrons. The lowest BCUT2D eigenvalue weighted by molar-refractivity contribution is 0.411. The van der Waals surface area contributed by atoms with Gasteiger partial charge >= 0.3 is 0 Å². The summed E-state index contributed by atoms with van der Waals surface area (Å²) in [5.74, 6) is 0. The molecule has 1 fully saturated rings. The summed E-state index contributed by atoms with van der Waals surface area (Å²) in [5.41, 5.74) is 7.61. The van der Waals surface area contributed by atoms with Crippen molar-refractivity contribution < 1.29 is 0 Å². The van der Waals surface area contributed by atoms with Gasteiger partial charge in [-0.05, 0) is 37.3 Å². The molecular formula is C15H21ClN2S2. The predicted molar refractivity (Wildman–Crippen MR) is 95.2 cm³/mol. The number of hydrogen-bond donors (Lipinski definition) is 2. The van der Waals surface area contributed by atoms with Gasteiger partial charge in [0.2, 0.25) is 0 Å². The number of benzene rings is 1. The standard InChI is InChI=1S/C15H21ClN2S2/c1-20-15(7-3-2-4-8-15)10-18-13-6-5-11(16)9-12(13)14(17)19/h5-6,9,18H,2-4,7-8,10H2,1H3,(H2,17,19). The van der Waals surface area contributed by atoms with Gasteiger partial charge < -0.3 is 11.1 Å². The quantitative estimate of drug-likeness (QED) is 0.783. The first kappa shape index (κ1) is 15.9. The van der Waals surface area contributed by atoms with Gasteiger partial charge in [0.1, 0.15) is 4.99 Å². The van der Waals surface area contributed by atoms with Crippen molar-refractivity contribution in [1.29, 1.82) is 0 Å². The smallest absolute Gasteiger partial charge is 0.106 e. The maximum Gasteiger partial charge on any atom is 0.106 e. The first-order chi connectivity index (χ1) is 9.56. The van der Waals surface area contributed by atoms with E-state index in [0.29, 0.717) is 14.8 Å². The molecule has 0 radical (unpaired) electrons. The third-order valence-corrected chi connectivity index (χ3v) is 5.92. The molecule has 0 aromatic heterocycles. The van der Waals surface area contributed by atoms with E-state index in [9.17, 15) is 0 Å². The van der Waals surface area contributed by atoms with Gasteiger partial charge in [0, 0.05) is 27.6 Å². The zero-order chi connectivity index (χ0) is 14.6. The van der Waals surface area contributed by atoms with Crippen molar-refractivity contribution in [3.8, 4) is 0 Å². The number of thioether (sulfide) groups is 1. The van der Waals surface area contributed by atoms with E-state index < -0.39 is 0 Å². The molecule has 20 heavy (non-hydrogen) atoms. The van der Waals surface area contributed by atoms with Crippen LogP contribution >= 0.6 is 35.6 Å². The number of hydrogen-bond acceptors (Lipinski definition) is 3. The zero-order valence-electron chi connectivity index (χ0n) is 11.7. The summed E-state index contributed by atoms with van der Waals surface area (Å²) >= 11 is 13.1. The van der Waals surface area contributed by atoms with Crippen LogP contribution in [0.25, 0.3) is 0 Å². The molecule has 1 aliphatic carbocycles. The summed E-state index contributed by atoms with van der Waals surface area (Å²) in [6.45, 7) is 0.950. The molecule has 0 unspecified atom stereocenters. The summed E-state index contributed by atoms with van der Waals surface area (Å²) in [6.07, 6.45) is 8.77. The summed E-state index contributed by atoms with van der Waals surface area (Å²) in [4.78, 5) is 0.386. The Balaban J connectivity index is 2.11. The minimum absolute atomic E-state index is 0.339. The zero-order valence-corrected chi connectivity index (χ0v) is 14.1. The van der Waals surface area contributed by atoms with Gasteiger partial charge in [-0.25, -0.2) is 0 Å². The van der Waals surface area contributed by atoms with Crippen molar-refractivity contribution in [3.05, 3.63) is 28.8 Å². The Morgan fingerprint density at radius 1 is 1.40 bits per heavy atom. The van der Waals surface area contributed by atoms with Crippen LogP contribution in [0.5, 0.6) is 0 Å². The number of rotatable bonds is 5. The van der Waals surface area contributed by atoms with Gasteiger partial charge in [-0.3, -0.25) is 0 Å². The molecule has 1 saturated carbocycles. The lowest BCUT2D eigenvalue weighted by atomic mass is 9.88. The van der Waals surface area contributed by atoms with Crippen LogP contribution in [0.2, 0.25) is 5.02 Å². The third kappa shape index (κ3) is 3.80. The number of nitrogens with two attached hydrogens (primary N) is 1. The van der Waals surface area contributed by atoms with Crippen molar-refractivity contribution in [2.24, 2.45) is 5.73 Å². The van der Waals surface area contributed by atoms with Gasteiger partial charge in [0.25, 0.3) is 0 Å². The lowest BCUT2D eigenvalue weighted by Gasteiger charge is -2.36. The molecule has 0 saturated heterocycles. The van der Waals surface area contributed by atoms with Crippen LogP contribution < -0.4 is 11.1 Å². The summed E-state index contributed by atoms with van der Waals surface area (Å²) < 4.78 is 0.339. The molecule has 0 atom stereocenters. The predicted octanol–water partition coefficient (Wildman–Crippen LogP) is 4.45. The molecule has 5 heteroatoms. The molecule has 0 bridgehead atoms. The number of anilines is 1. The Hall–Kier alpha value is -0.450. The van der Waals surface area contributed by atoms with Crippen LogP contribution in [0.4, 0.5) is 5.69 Å². The van der Waals surface area contributed by atoms with Crippen molar-refractivity contribution in [2.75, 3.05) is 18.1 Å². The molecule has 2 nitrogen and oxygen atoms in total. The molecule has 0 amide bonds. The van der Waals surface area contributed by atoms with Crippen LogP contribution in [0, 0.1) is 0 Å². The fourth-order valence-corrected chi connectivity index (χ4v) is 4.03. The minimum Gasteiger partial charge on any atom is -0.389 e. The number of thiocarbonyl (C=S) groups is 1. The normalized spacial score (nSPS) is 17.7. The second kappa shape index (κ2) is 7.01. The van der Waals surface area contributed by atoms with E-state index in [1.807, 2.05) is 30.0 Å². The summed E-state index contributed by atoms with van der Waals surface area (Å²) in [6, 6.07) is 5.67. The Kier molecular flexibility index (Phi) is 5.58. The topological polar surface area (TPSA) is 38.0 Å². The number of halogens is 1. The highest BCUT2D eigenvalue weighted by molar-refractivity contribution is 8.00. The van der Waals surface area contributed by atoms with Crippen LogP contribution in [0.1, 0.15) is 37.7 Å². The van der Waals surface area contributed by atoms with Crippen LogP contribution in [0.15, 0.2) is 18.2 Å². The highest BCUT2D eigenvalue weighted by Crippen LogP contribution is 2.38.